The highest BCUT2D eigenvalue weighted by Gasteiger charge is 2.49. The van der Waals surface area contributed by atoms with Crippen LogP contribution in [0.1, 0.15) is 30.0 Å². The van der Waals surface area contributed by atoms with Gasteiger partial charge in [-0.3, -0.25) is 0 Å². The van der Waals surface area contributed by atoms with Gasteiger partial charge in [0.2, 0.25) is 0 Å². The zero-order valence-electron chi connectivity index (χ0n) is 18.5. The van der Waals surface area contributed by atoms with Crippen molar-refractivity contribution in [2.45, 2.75) is 38.3 Å². The first-order chi connectivity index (χ1) is 17.0. The molecule has 3 aromatic rings. The van der Waals surface area contributed by atoms with E-state index >= 15 is 0 Å². The van der Waals surface area contributed by atoms with Gasteiger partial charge in [-0.1, -0.05) is 25.5 Å². The van der Waals surface area contributed by atoms with Gasteiger partial charge >= 0.3 is 18.6 Å². The monoisotopic (exact) mass is 544 g/mol. The highest BCUT2D eigenvalue weighted by Crippen LogP contribution is 2.41. The third-order valence-electron chi connectivity index (χ3n) is 4.96. The number of halogens is 11. The summed E-state index contributed by atoms with van der Waals surface area (Å²) < 4.78 is 157. The van der Waals surface area contributed by atoms with Gasteiger partial charge in [-0.2, -0.15) is 17.6 Å². The molecule has 0 bridgehead atoms. The largest absolute Gasteiger partial charge is 0.527 e. The van der Waals surface area contributed by atoms with Gasteiger partial charge in [0.05, 0.1) is 11.1 Å². The van der Waals surface area contributed by atoms with Crippen LogP contribution < -0.4 is 4.74 Å². The maximum Gasteiger partial charge on any atom is 0.527 e. The molecule has 37 heavy (non-hydrogen) atoms. The SMILES string of the molecule is CCCc1ccc(C(F)(F)Oc2cc(F)c(-c3cc(F)c(C(F)(F)OC(F)(F)F)c(F)c3)c(F)c2)cc1. The van der Waals surface area contributed by atoms with E-state index in [0.29, 0.717) is 6.42 Å². The summed E-state index contributed by atoms with van der Waals surface area (Å²) in [6, 6.07) is 5.30. The van der Waals surface area contributed by atoms with Crippen molar-refractivity contribution >= 4 is 0 Å². The molecule has 3 aromatic carbocycles. The van der Waals surface area contributed by atoms with E-state index < -0.39 is 69.9 Å². The maximum atomic E-state index is 14.6. The van der Waals surface area contributed by atoms with Crippen LogP contribution in [0.3, 0.4) is 0 Å². The lowest BCUT2D eigenvalue weighted by atomic mass is 10.0. The number of aryl methyl sites for hydroxylation is 1. The Hall–Kier alpha value is -3.35. The first-order valence-corrected chi connectivity index (χ1v) is 10.3. The van der Waals surface area contributed by atoms with Crippen molar-refractivity contribution < 1.29 is 57.8 Å². The van der Waals surface area contributed by atoms with Gasteiger partial charge in [0, 0.05) is 12.1 Å². The molecule has 0 aliphatic rings. The van der Waals surface area contributed by atoms with Crippen LogP contribution in [0, 0.1) is 23.3 Å². The first kappa shape index (κ1) is 28.2. The van der Waals surface area contributed by atoms with Crippen molar-refractivity contribution in [1.29, 1.82) is 0 Å². The molecule has 0 atom stereocenters. The van der Waals surface area contributed by atoms with E-state index in [2.05, 4.69) is 9.47 Å². The number of hydrogen-bond acceptors (Lipinski definition) is 2. The Kier molecular flexibility index (Phi) is 7.77. The Labute approximate surface area is 202 Å². The minimum atomic E-state index is -5.98. The molecule has 0 fully saturated rings. The predicted octanol–water partition coefficient (Wildman–Crippen LogP) is 8.58. The number of alkyl halides is 7. The number of rotatable bonds is 8. The fourth-order valence-corrected chi connectivity index (χ4v) is 3.44. The maximum absolute atomic E-state index is 14.6. The normalized spacial score (nSPS) is 12.6. The van der Waals surface area contributed by atoms with Crippen LogP contribution in [0.25, 0.3) is 11.1 Å². The zero-order valence-corrected chi connectivity index (χ0v) is 18.5. The Morgan fingerprint density at radius 2 is 1.19 bits per heavy atom. The van der Waals surface area contributed by atoms with Crippen LogP contribution in [0.4, 0.5) is 48.3 Å². The number of ether oxygens (including phenoxy) is 2. The molecule has 13 heteroatoms. The number of hydrogen-bond donors (Lipinski definition) is 0. The molecule has 0 heterocycles. The van der Waals surface area contributed by atoms with Crippen molar-refractivity contribution in [1.82, 2.24) is 0 Å². The summed E-state index contributed by atoms with van der Waals surface area (Å²) in [7, 11) is 0. The molecular formula is C24H15F11O2. The van der Waals surface area contributed by atoms with Gasteiger partial charge in [0.25, 0.3) is 0 Å². The average Bonchev–Trinajstić information content (AvgIpc) is 2.71. The molecule has 0 aliphatic heterocycles. The van der Waals surface area contributed by atoms with E-state index in [1.165, 1.54) is 12.1 Å². The lowest BCUT2D eigenvalue weighted by Gasteiger charge is -2.20. The van der Waals surface area contributed by atoms with E-state index in [-0.39, 0.29) is 24.3 Å². The highest BCUT2D eigenvalue weighted by atomic mass is 19.4. The van der Waals surface area contributed by atoms with E-state index in [4.69, 9.17) is 0 Å². The van der Waals surface area contributed by atoms with Crippen molar-refractivity contribution in [2.75, 3.05) is 0 Å². The molecule has 0 saturated heterocycles. The fourth-order valence-electron chi connectivity index (χ4n) is 3.44. The highest BCUT2D eigenvalue weighted by molar-refractivity contribution is 5.66. The second-order valence-electron chi connectivity index (χ2n) is 7.71. The molecule has 0 aromatic heterocycles. The summed E-state index contributed by atoms with van der Waals surface area (Å²) in [4.78, 5) is 0. The van der Waals surface area contributed by atoms with Crippen LogP contribution in [0.15, 0.2) is 48.5 Å². The van der Waals surface area contributed by atoms with E-state index in [0.717, 1.165) is 24.1 Å². The summed E-state index contributed by atoms with van der Waals surface area (Å²) in [5.41, 5.74) is -4.64. The third-order valence-corrected chi connectivity index (χ3v) is 4.96. The lowest BCUT2D eigenvalue weighted by molar-refractivity contribution is -0.432. The lowest BCUT2D eigenvalue weighted by Crippen LogP contribution is -2.29. The summed E-state index contributed by atoms with van der Waals surface area (Å²) in [5, 5.41) is 0. The predicted molar refractivity (Wildman–Crippen MR) is 108 cm³/mol. The van der Waals surface area contributed by atoms with Gasteiger partial charge in [-0.15, -0.1) is 13.2 Å². The van der Waals surface area contributed by atoms with E-state index in [9.17, 15) is 48.3 Å². The van der Waals surface area contributed by atoms with Gasteiger partial charge in [0.15, 0.2) is 0 Å². The molecule has 0 N–H and O–H groups in total. The van der Waals surface area contributed by atoms with Crippen molar-refractivity contribution in [3.05, 3.63) is 88.5 Å². The van der Waals surface area contributed by atoms with Crippen LogP contribution in [0.2, 0.25) is 0 Å². The molecule has 2 nitrogen and oxygen atoms in total. The van der Waals surface area contributed by atoms with Gasteiger partial charge in [-0.25, -0.2) is 22.3 Å². The second kappa shape index (κ2) is 10.2. The van der Waals surface area contributed by atoms with Gasteiger partial charge in [0.1, 0.15) is 34.6 Å². The smallest absolute Gasteiger partial charge is 0.429 e. The molecule has 0 aliphatic carbocycles. The second-order valence-corrected chi connectivity index (χ2v) is 7.71. The number of benzene rings is 3. The van der Waals surface area contributed by atoms with Crippen LogP contribution in [-0.4, -0.2) is 6.36 Å². The Morgan fingerprint density at radius 3 is 1.65 bits per heavy atom. The first-order valence-electron chi connectivity index (χ1n) is 10.3. The molecule has 0 unspecified atom stereocenters. The summed E-state index contributed by atoms with van der Waals surface area (Å²) >= 11 is 0. The molecule has 0 spiro atoms. The molecule has 3 rings (SSSR count). The minimum absolute atomic E-state index is 0.0689. The zero-order chi connectivity index (χ0) is 27.8. The fraction of sp³-hybridized carbons (Fsp3) is 0.250. The van der Waals surface area contributed by atoms with E-state index in [1.807, 2.05) is 6.92 Å². The Morgan fingerprint density at radius 1 is 0.676 bits per heavy atom. The molecule has 200 valence electrons. The minimum Gasteiger partial charge on any atom is -0.429 e. The molecule has 0 amide bonds. The van der Waals surface area contributed by atoms with Gasteiger partial charge < -0.3 is 4.74 Å². The van der Waals surface area contributed by atoms with Gasteiger partial charge in [-0.05, 0) is 41.8 Å². The standard InChI is InChI=1S/C24H15F11O2/c1-2-3-12-4-6-14(7-5-12)22(29,30)36-15-10-16(25)20(17(26)11-15)13-8-18(27)21(19(28)9-13)23(31,32)37-24(33,34)35/h4-11H,2-3H2,1H3. The van der Waals surface area contributed by atoms with E-state index in [1.54, 1.807) is 0 Å². The summed E-state index contributed by atoms with van der Waals surface area (Å²) in [5.74, 6) is -9.03. The van der Waals surface area contributed by atoms with Crippen molar-refractivity contribution in [3.63, 3.8) is 0 Å². The topological polar surface area (TPSA) is 18.5 Å². The van der Waals surface area contributed by atoms with Crippen molar-refractivity contribution in [3.8, 4) is 16.9 Å². The molecule has 0 radical (unpaired) electrons. The van der Waals surface area contributed by atoms with Crippen LogP contribution in [-0.2, 0) is 23.4 Å². The average molecular weight is 544 g/mol. The van der Waals surface area contributed by atoms with Crippen LogP contribution >= 0.6 is 0 Å². The van der Waals surface area contributed by atoms with Crippen LogP contribution in [0.5, 0.6) is 5.75 Å². The molecular weight excluding hydrogens is 529 g/mol. The molecule has 0 saturated carbocycles. The van der Waals surface area contributed by atoms with Crippen molar-refractivity contribution in [2.24, 2.45) is 0 Å². The Bertz CT molecular complexity index is 1220. The third kappa shape index (κ3) is 6.51. The summed E-state index contributed by atoms with van der Waals surface area (Å²) in [6.45, 7) is 1.88. The summed E-state index contributed by atoms with van der Waals surface area (Å²) in [6.07, 6.45) is -14.2. The quantitative estimate of drug-likeness (QED) is 0.265. The Balaban J connectivity index is 1.93.